The van der Waals surface area contributed by atoms with Gasteiger partial charge in [-0.1, -0.05) is 11.3 Å². The molecule has 0 unspecified atom stereocenters. The van der Waals surface area contributed by atoms with E-state index in [0.717, 1.165) is 30.5 Å². The van der Waals surface area contributed by atoms with Gasteiger partial charge in [-0.2, -0.15) is 0 Å². The zero-order chi connectivity index (χ0) is 14.8. The maximum atomic E-state index is 5.27. The Morgan fingerprint density at radius 3 is 3.14 bits per heavy atom. The molecule has 22 heavy (non-hydrogen) atoms. The predicted octanol–water partition coefficient (Wildman–Crippen LogP) is 3.90. The van der Waals surface area contributed by atoms with E-state index in [1.807, 2.05) is 23.6 Å². The fraction of sp³-hybridized carbons (Fsp3) is 0.0769. The van der Waals surface area contributed by atoms with Crippen LogP contribution in [0.15, 0.2) is 50.0 Å². The number of anilines is 1. The quantitative estimate of drug-likeness (QED) is 0.549. The van der Waals surface area contributed by atoms with Gasteiger partial charge in [0.2, 0.25) is 5.13 Å². The summed E-state index contributed by atoms with van der Waals surface area (Å²) in [6, 6.07) is 5.76. The molecule has 4 rings (SSSR count). The molecule has 0 amide bonds. The highest BCUT2D eigenvalue weighted by Gasteiger charge is 2.11. The summed E-state index contributed by atoms with van der Waals surface area (Å²) < 4.78 is 7.19. The van der Waals surface area contributed by atoms with E-state index in [1.54, 1.807) is 23.9 Å². The SMILES string of the molecule is c1coc(CNc2nnc(Sc3ncnc4ccsc34)s2)c1. The second-order valence-electron chi connectivity index (χ2n) is 4.22. The number of hydrogen-bond acceptors (Lipinski definition) is 9. The van der Waals surface area contributed by atoms with Gasteiger partial charge in [-0.25, -0.2) is 9.97 Å². The van der Waals surface area contributed by atoms with Crippen molar-refractivity contribution < 1.29 is 4.42 Å². The zero-order valence-electron chi connectivity index (χ0n) is 11.1. The third-order valence-electron chi connectivity index (χ3n) is 2.79. The van der Waals surface area contributed by atoms with Crippen LogP contribution in [0.25, 0.3) is 10.2 Å². The fourth-order valence-electron chi connectivity index (χ4n) is 1.82. The van der Waals surface area contributed by atoms with Crippen molar-refractivity contribution in [3.05, 3.63) is 41.9 Å². The second-order valence-corrected chi connectivity index (χ2v) is 7.35. The molecule has 9 heteroatoms. The molecule has 0 atom stereocenters. The molecule has 6 nitrogen and oxygen atoms in total. The van der Waals surface area contributed by atoms with E-state index in [9.17, 15) is 0 Å². The molecular weight excluding hydrogens is 338 g/mol. The fourth-order valence-corrected chi connectivity index (χ4v) is 4.47. The summed E-state index contributed by atoms with van der Waals surface area (Å²) in [5.41, 5.74) is 0.961. The van der Waals surface area contributed by atoms with Crippen molar-refractivity contribution in [2.45, 2.75) is 15.9 Å². The highest BCUT2D eigenvalue weighted by Crippen LogP contribution is 2.36. The van der Waals surface area contributed by atoms with Gasteiger partial charge in [0.15, 0.2) is 4.34 Å². The molecule has 0 saturated carbocycles. The largest absolute Gasteiger partial charge is 0.467 e. The van der Waals surface area contributed by atoms with E-state index in [4.69, 9.17) is 4.42 Å². The predicted molar refractivity (Wildman–Crippen MR) is 87.5 cm³/mol. The van der Waals surface area contributed by atoms with Crippen LogP contribution < -0.4 is 5.32 Å². The molecule has 110 valence electrons. The number of fused-ring (bicyclic) bond motifs is 1. The van der Waals surface area contributed by atoms with E-state index >= 15 is 0 Å². The summed E-state index contributed by atoms with van der Waals surface area (Å²) in [5, 5.41) is 15.2. The van der Waals surface area contributed by atoms with Crippen LogP contribution in [0.5, 0.6) is 0 Å². The van der Waals surface area contributed by atoms with Crippen molar-refractivity contribution in [1.29, 1.82) is 0 Å². The van der Waals surface area contributed by atoms with Crippen molar-refractivity contribution >= 4 is 49.8 Å². The minimum absolute atomic E-state index is 0.592. The van der Waals surface area contributed by atoms with Crippen molar-refractivity contribution in [3.8, 4) is 0 Å². The molecule has 0 fully saturated rings. The third kappa shape index (κ3) is 2.82. The maximum absolute atomic E-state index is 5.27. The Morgan fingerprint density at radius 2 is 2.23 bits per heavy atom. The summed E-state index contributed by atoms with van der Waals surface area (Å²) in [7, 11) is 0. The summed E-state index contributed by atoms with van der Waals surface area (Å²) >= 11 is 4.63. The average Bonchev–Trinajstić information content (AvgIpc) is 3.27. The second kappa shape index (κ2) is 6.03. The van der Waals surface area contributed by atoms with Gasteiger partial charge in [0.25, 0.3) is 0 Å². The lowest BCUT2D eigenvalue weighted by Gasteiger charge is -1.98. The Morgan fingerprint density at radius 1 is 1.23 bits per heavy atom. The first-order chi connectivity index (χ1) is 10.9. The Bertz CT molecular complexity index is 886. The molecule has 0 bridgehead atoms. The summed E-state index contributed by atoms with van der Waals surface area (Å²) in [6.45, 7) is 0.592. The van der Waals surface area contributed by atoms with Crippen LogP contribution in [-0.2, 0) is 6.54 Å². The highest BCUT2D eigenvalue weighted by atomic mass is 32.2. The molecule has 4 heterocycles. The topological polar surface area (TPSA) is 76.7 Å². The monoisotopic (exact) mass is 347 g/mol. The van der Waals surface area contributed by atoms with Crippen molar-refractivity contribution in [2.75, 3.05) is 5.32 Å². The van der Waals surface area contributed by atoms with Crippen molar-refractivity contribution in [1.82, 2.24) is 20.2 Å². The minimum atomic E-state index is 0.592. The van der Waals surface area contributed by atoms with Gasteiger partial charge in [-0.15, -0.1) is 21.5 Å². The lowest BCUT2D eigenvalue weighted by Crippen LogP contribution is -1.96. The average molecular weight is 347 g/mol. The Labute approximate surface area is 137 Å². The van der Waals surface area contributed by atoms with Crippen LogP contribution >= 0.6 is 34.4 Å². The number of furan rings is 1. The Kier molecular flexibility index (Phi) is 3.75. The van der Waals surface area contributed by atoms with Crippen LogP contribution in [0.2, 0.25) is 0 Å². The molecule has 0 spiro atoms. The number of nitrogens with zero attached hydrogens (tertiary/aromatic N) is 4. The normalized spacial score (nSPS) is 11.1. The van der Waals surface area contributed by atoms with Gasteiger partial charge in [-0.3, -0.25) is 0 Å². The molecule has 1 N–H and O–H groups in total. The number of hydrogen-bond donors (Lipinski definition) is 1. The first-order valence-electron chi connectivity index (χ1n) is 6.34. The standard InChI is InChI=1S/C13H9N5OS3/c1-2-8(19-4-1)6-14-12-17-18-13(22-12)21-11-10-9(3-5-20-10)15-7-16-11/h1-5,7H,6H2,(H,14,17). The Hall–Kier alpha value is -1.97. The molecule has 0 aromatic carbocycles. The summed E-state index contributed by atoms with van der Waals surface area (Å²) in [4.78, 5) is 8.57. The van der Waals surface area contributed by atoms with E-state index < -0.39 is 0 Å². The van der Waals surface area contributed by atoms with E-state index in [1.165, 1.54) is 23.1 Å². The van der Waals surface area contributed by atoms with Crippen molar-refractivity contribution in [2.24, 2.45) is 0 Å². The summed E-state index contributed by atoms with van der Waals surface area (Å²) in [6.07, 6.45) is 3.23. The molecule has 4 aromatic rings. The number of rotatable bonds is 5. The minimum Gasteiger partial charge on any atom is -0.467 e. The van der Waals surface area contributed by atoms with Crippen LogP contribution in [0, 0.1) is 0 Å². The van der Waals surface area contributed by atoms with Gasteiger partial charge in [0.05, 0.1) is 23.0 Å². The van der Waals surface area contributed by atoms with E-state index in [-0.39, 0.29) is 0 Å². The Balaban J connectivity index is 1.48. The maximum Gasteiger partial charge on any atom is 0.206 e. The molecule has 0 aliphatic heterocycles. The van der Waals surface area contributed by atoms with Crippen LogP contribution in [-0.4, -0.2) is 20.2 Å². The first-order valence-corrected chi connectivity index (χ1v) is 8.85. The lowest BCUT2D eigenvalue weighted by atomic mass is 10.4. The molecule has 0 saturated heterocycles. The molecule has 0 radical (unpaired) electrons. The molecule has 4 aromatic heterocycles. The molecule has 0 aliphatic carbocycles. The van der Waals surface area contributed by atoms with Gasteiger partial charge in [0, 0.05) is 0 Å². The van der Waals surface area contributed by atoms with E-state index in [0.29, 0.717) is 6.54 Å². The van der Waals surface area contributed by atoms with Crippen LogP contribution in [0.3, 0.4) is 0 Å². The number of thiophene rings is 1. The number of aromatic nitrogens is 4. The van der Waals surface area contributed by atoms with Gasteiger partial charge >= 0.3 is 0 Å². The third-order valence-corrected chi connectivity index (χ3v) is 5.77. The first kappa shape index (κ1) is 13.7. The summed E-state index contributed by atoms with van der Waals surface area (Å²) in [5.74, 6) is 0.862. The zero-order valence-corrected chi connectivity index (χ0v) is 13.5. The van der Waals surface area contributed by atoms with E-state index in [2.05, 4.69) is 25.5 Å². The van der Waals surface area contributed by atoms with Crippen LogP contribution in [0.4, 0.5) is 5.13 Å². The van der Waals surface area contributed by atoms with Gasteiger partial charge in [0.1, 0.15) is 17.1 Å². The van der Waals surface area contributed by atoms with Crippen molar-refractivity contribution in [3.63, 3.8) is 0 Å². The molecular formula is C13H9N5OS3. The lowest BCUT2D eigenvalue weighted by molar-refractivity contribution is 0.518. The smallest absolute Gasteiger partial charge is 0.206 e. The molecule has 0 aliphatic rings. The van der Waals surface area contributed by atoms with Crippen LogP contribution in [0.1, 0.15) is 5.76 Å². The number of nitrogens with one attached hydrogen (secondary N) is 1. The van der Waals surface area contributed by atoms with Gasteiger partial charge in [-0.05, 0) is 35.3 Å². The highest BCUT2D eigenvalue weighted by molar-refractivity contribution is 8.01. The van der Waals surface area contributed by atoms with Gasteiger partial charge < -0.3 is 9.73 Å².